The van der Waals surface area contributed by atoms with Crippen LogP contribution in [0, 0.1) is 0 Å². The van der Waals surface area contributed by atoms with E-state index >= 15 is 0 Å². The molecule has 0 radical (unpaired) electrons. The summed E-state index contributed by atoms with van der Waals surface area (Å²) in [5.41, 5.74) is -0.535. The number of aliphatic hydroxyl groups excluding tert-OH is 4. The molecule has 0 spiro atoms. The highest BCUT2D eigenvalue weighted by molar-refractivity contribution is 5.86. The summed E-state index contributed by atoms with van der Waals surface area (Å²) in [5.74, 6) is -3.44. The summed E-state index contributed by atoms with van der Waals surface area (Å²) in [7, 11) is 0. The summed E-state index contributed by atoms with van der Waals surface area (Å²) in [5, 5.41) is 51.4. The maximum Gasteiger partial charge on any atom is 0.303 e. The minimum absolute atomic E-state index is 0.0370. The van der Waals surface area contributed by atoms with Crippen LogP contribution in [-0.4, -0.2) is 118 Å². The van der Waals surface area contributed by atoms with Crippen molar-refractivity contribution >= 4 is 34.8 Å². The molecule has 5 rings (SSSR count). The monoisotopic (exact) mass is 746 g/mol. The first-order valence-electron chi connectivity index (χ1n) is 16.3. The molecule has 18 nitrogen and oxygen atoms in total. The van der Waals surface area contributed by atoms with Gasteiger partial charge < -0.3 is 63.1 Å². The number of phenolic OH excluding ortho intramolecular Hbond substituents is 1. The van der Waals surface area contributed by atoms with Gasteiger partial charge in [-0.2, -0.15) is 0 Å². The van der Waals surface area contributed by atoms with Crippen LogP contribution in [0.1, 0.15) is 39.4 Å². The minimum atomic E-state index is -1.76. The summed E-state index contributed by atoms with van der Waals surface area (Å²) in [6.45, 7) is 3.24. The first-order valence-corrected chi connectivity index (χ1v) is 16.3. The average Bonchev–Trinajstić information content (AvgIpc) is 3.09. The minimum Gasteiger partial charge on any atom is -0.507 e. The fraction of sp³-hybridized carbons (Fsp3) is 0.457. The molecule has 5 N–H and O–H groups in total. The Morgan fingerprint density at radius 2 is 1.36 bits per heavy atom. The Morgan fingerprint density at radius 3 is 1.96 bits per heavy atom. The lowest BCUT2D eigenvalue weighted by Crippen LogP contribution is -2.63. The van der Waals surface area contributed by atoms with E-state index in [1.165, 1.54) is 36.4 Å². The van der Waals surface area contributed by atoms with Crippen LogP contribution in [0.5, 0.6) is 11.5 Å². The number of hydrogen-bond donors (Lipinski definition) is 5. The molecule has 10 atom stereocenters. The fourth-order valence-corrected chi connectivity index (χ4v) is 6.16. The van der Waals surface area contributed by atoms with Crippen LogP contribution < -0.4 is 10.2 Å². The fourth-order valence-electron chi connectivity index (χ4n) is 6.16. The third kappa shape index (κ3) is 8.43. The maximum atomic E-state index is 13.7. The smallest absolute Gasteiger partial charge is 0.303 e. The van der Waals surface area contributed by atoms with Crippen molar-refractivity contribution in [2.75, 3.05) is 13.2 Å². The van der Waals surface area contributed by atoms with E-state index in [9.17, 15) is 49.5 Å². The molecule has 53 heavy (non-hydrogen) atoms. The Hall–Kier alpha value is -5.11. The molecule has 1 aromatic heterocycles. The van der Waals surface area contributed by atoms with Gasteiger partial charge in [-0.3, -0.25) is 24.0 Å². The van der Waals surface area contributed by atoms with E-state index in [2.05, 4.69) is 0 Å². The summed E-state index contributed by atoms with van der Waals surface area (Å²) >= 11 is 0. The van der Waals surface area contributed by atoms with Crippen LogP contribution in [0.2, 0.25) is 0 Å². The zero-order valence-corrected chi connectivity index (χ0v) is 28.8. The van der Waals surface area contributed by atoms with Gasteiger partial charge >= 0.3 is 23.9 Å². The number of fused-ring (bicyclic) bond motifs is 1. The van der Waals surface area contributed by atoms with Crippen LogP contribution in [0.15, 0.2) is 51.9 Å². The number of carbonyl (C=O) groups excluding carboxylic acids is 4. The lowest BCUT2D eigenvalue weighted by atomic mass is 9.89. The third-order valence-corrected chi connectivity index (χ3v) is 8.50. The van der Waals surface area contributed by atoms with Crippen molar-refractivity contribution in [3.05, 3.63) is 58.4 Å². The van der Waals surface area contributed by atoms with Gasteiger partial charge in [0.15, 0.2) is 12.2 Å². The van der Waals surface area contributed by atoms with Gasteiger partial charge in [-0.15, -0.1) is 0 Å². The Bertz CT molecular complexity index is 1890. The summed E-state index contributed by atoms with van der Waals surface area (Å²) in [6.07, 6.45) is -13.9. The van der Waals surface area contributed by atoms with Gasteiger partial charge in [-0.05, 0) is 29.8 Å². The number of aromatic hydroxyl groups is 1. The first kappa shape index (κ1) is 39.1. The van der Waals surface area contributed by atoms with Gasteiger partial charge in [-0.25, -0.2) is 0 Å². The van der Waals surface area contributed by atoms with Crippen LogP contribution >= 0.6 is 0 Å². The second-order valence-electron chi connectivity index (χ2n) is 12.3. The Kier molecular flexibility index (Phi) is 12.0. The van der Waals surface area contributed by atoms with E-state index in [4.69, 9.17) is 37.6 Å². The Labute approximate surface area is 300 Å². The molecule has 0 amide bonds. The second kappa shape index (κ2) is 16.3. The van der Waals surface area contributed by atoms with Crippen molar-refractivity contribution < 1.29 is 82.3 Å². The number of phenols is 1. The number of carbonyl (C=O) groups is 4. The standard InChI is InChI=1S/C35H38O18/c1-14(37)46-13-24-31(48-15(2)38)33(49-16(3)39)34(50-17(4)40)35(53-24)51-19-7-5-18(6-8-19)21-12-47-30-20(26(21)42)9-10-22(41)25(30)32-29(45)28(44)27(43)23(11-36)52-32/h5-10,12,23-24,27-29,31-36,41,43-45H,11,13H2,1-4H3/t23-,24-,27-,28+,29-,31-,32-,33+,34-,35-/m1/s1. The Morgan fingerprint density at radius 1 is 0.736 bits per heavy atom. The number of benzene rings is 2. The molecule has 18 heteroatoms. The van der Waals surface area contributed by atoms with Gasteiger partial charge in [0.25, 0.3) is 0 Å². The SMILES string of the molecule is CC(=O)OC[C@H]1O[C@@H](Oc2ccc(-c3coc4c([C@H]5O[C@H](CO)[C@@H](O)[C@H](O)[C@H]5O)c(O)ccc4c3=O)cc2)[C@H](OC(C)=O)[C@@H](OC(C)=O)[C@@H]1OC(C)=O. The summed E-state index contributed by atoms with van der Waals surface area (Å²) in [4.78, 5) is 61.6. The van der Waals surface area contributed by atoms with Crippen LogP contribution in [0.3, 0.4) is 0 Å². The van der Waals surface area contributed by atoms with E-state index in [1.54, 1.807) is 0 Å². The predicted octanol–water partition coefficient (Wildman–Crippen LogP) is 0.142. The largest absolute Gasteiger partial charge is 0.507 e. The molecule has 2 saturated heterocycles. The molecule has 286 valence electrons. The molecular weight excluding hydrogens is 708 g/mol. The first-order chi connectivity index (χ1) is 25.1. The number of rotatable bonds is 10. The lowest BCUT2D eigenvalue weighted by Gasteiger charge is -2.43. The second-order valence-corrected chi connectivity index (χ2v) is 12.3. The molecular formula is C35H38O18. The molecule has 2 fully saturated rings. The van der Waals surface area contributed by atoms with E-state index in [-0.39, 0.29) is 27.8 Å². The summed E-state index contributed by atoms with van der Waals surface area (Å²) < 4.78 is 44.6. The van der Waals surface area contributed by atoms with Crippen molar-refractivity contribution in [3.8, 4) is 22.6 Å². The number of esters is 4. The van der Waals surface area contributed by atoms with Crippen molar-refractivity contribution in [2.45, 2.75) is 88.9 Å². The number of hydrogen-bond acceptors (Lipinski definition) is 18. The topological polar surface area (TPSA) is 264 Å². The normalized spacial score (nSPS) is 28.5. The highest BCUT2D eigenvalue weighted by atomic mass is 16.7. The molecule has 0 aliphatic carbocycles. The lowest BCUT2D eigenvalue weighted by molar-refractivity contribution is -0.288. The van der Waals surface area contributed by atoms with E-state index in [0.717, 1.165) is 34.0 Å². The van der Waals surface area contributed by atoms with Gasteiger partial charge in [0.2, 0.25) is 17.8 Å². The van der Waals surface area contributed by atoms with Crippen molar-refractivity contribution in [3.63, 3.8) is 0 Å². The zero-order valence-electron chi connectivity index (χ0n) is 28.8. The Balaban J connectivity index is 1.46. The number of aliphatic hydroxyl groups is 4. The van der Waals surface area contributed by atoms with Crippen molar-refractivity contribution in [2.24, 2.45) is 0 Å². The van der Waals surface area contributed by atoms with Crippen LogP contribution in [0.4, 0.5) is 0 Å². The molecule has 2 aliphatic heterocycles. The highest BCUT2D eigenvalue weighted by Crippen LogP contribution is 2.41. The molecule has 2 aliphatic rings. The third-order valence-electron chi connectivity index (χ3n) is 8.50. The van der Waals surface area contributed by atoms with Crippen molar-refractivity contribution in [1.29, 1.82) is 0 Å². The molecule has 2 aromatic carbocycles. The van der Waals surface area contributed by atoms with E-state index in [0.29, 0.717) is 5.56 Å². The molecule has 3 heterocycles. The van der Waals surface area contributed by atoms with Crippen LogP contribution in [-0.2, 0) is 47.6 Å². The van der Waals surface area contributed by atoms with E-state index < -0.39 is 109 Å². The van der Waals surface area contributed by atoms with E-state index in [1.807, 2.05) is 0 Å². The van der Waals surface area contributed by atoms with Gasteiger partial charge in [-0.1, -0.05) is 12.1 Å². The van der Waals surface area contributed by atoms with Crippen LogP contribution in [0.25, 0.3) is 22.1 Å². The van der Waals surface area contributed by atoms with Gasteiger partial charge in [0, 0.05) is 27.7 Å². The highest BCUT2D eigenvalue weighted by Gasteiger charge is 2.53. The molecule has 3 aromatic rings. The van der Waals surface area contributed by atoms with Gasteiger partial charge in [0.05, 0.1) is 23.1 Å². The zero-order chi connectivity index (χ0) is 38.7. The molecule has 0 unspecified atom stereocenters. The molecule has 0 saturated carbocycles. The number of ether oxygens (including phenoxy) is 7. The quantitative estimate of drug-likeness (QED) is 0.136. The molecule has 0 bridgehead atoms. The predicted molar refractivity (Wildman–Crippen MR) is 175 cm³/mol. The maximum absolute atomic E-state index is 13.7. The average molecular weight is 747 g/mol. The van der Waals surface area contributed by atoms with Gasteiger partial charge in [0.1, 0.15) is 66.6 Å². The summed E-state index contributed by atoms with van der Waals surface area (Å²) in [6, 6.07) is 8.29. The van der Waals surface area contributed by atoms with Crippen molar-refractivity contribution in [1.82, 2.24) is 0 Å².